The summed E-state index contributed by atoms with van der Waals surface area (Å²) in [7, 11) is 1.43. The first-order valence-electron chi connectivity index (χ1n) is 5.21. The average molecular weight is 240 g/mol. The van der Waals surface area contributed by atoms with Gasteiger partial charge in [0.2, 0.25) is 0 Å². The number of rotatable bonds is 4. The summed E-state index contributed by atoms with van der Waals surface area (Å²) in [6, 6.07) is -1.16. The van der Waals surface area contributed by atoms with E-state index in [0.29, 0.717) is 18.7 Å². The van der Waals surface area contributed by atoms with Crippen molar-refractivity contribution in [1.82, 2.24) is 25.6 Å². The molecular formula is C9H16N6O2. The van der Waals surface area contributed by atoms with Gasteiger partial charge in [-0.15, -0.1) is 5.10 Å². The highest BCUT2D eigenvalue weighted by Crippen LogP contribution is 2.04. The monoisotopic (exact) mass is 240 g/mol. The van der Waals surface area contributed by atoms with Gasteiger partial charge >= 0.3 is 6.03 Å². The average Bonchev–Trinajstić information content (AvgIpc) is 2.76. The molecule has 0 fully saturated rings. The van der Waals surface area contributed by atoms with Crippen molar-refractivity contribution in [2.24, 2.45) is 5.73 Å². The first kappa shape index (κ1) is 13.1. The van der Waals surface area contributed by atoms with Crippen LogP contribution in [0.5, 0.6) is 0 Å². The summed E-state index contributed by atoms with van der Waals surface area (Å²) in [5.41, 5.74) is 6.10. The van der Waals surface area contributed by atoms with E-state index in [1.807, 2.05) is 0 Å². The summed E-state index contributed by atoms with van der Waals surface area (Å²) >= 11 is 0. The quantitative estimate of drug-likeness (QED) is 0.611. The lowest BCUT2D eigenvalue weighted by Gasteiger charge is -2.10. The van der Waals surface area contributed by atoms with Crippen LogP contribution in [0.4, 0.5) is 4.79 Å². The lowest BCUT2D eigenvalue weighted by Crippen LogP contribution is -2.40. The Balaban J connectivity index is 2.64. The molecule has 1 rings (SSSR count). The third-order valence-corrected chi connectivity index (χ3v) is 2.20. The molecular weight excluding hydrogens is 224 g/mol. The fourth-order valence-electron chi connectivity index (χ4n) is 1.16. The zero-order chi connectivity index (χ0) is 12.8. The second kappa shape index (κ2) is 5.94. The topological polar surface area (TPSA) is 115 Å². The second-order valence-electron chi connectivity index (χ2n) is 3.47. The zero-order valence-corrected chi connectivity index (χ0v) is 9.80. The van der Waals surface area contributed by atoms with Crippen LogP contribution >= 0.6 is 0 Å². The Bertz CT molecular complexity index is 402. The van der Waals surface area contributed by atoms with Gasteiger partial charge in [0, 0.05) is 19.7 Å². The highest BCUT2D eigenvalue weighted by atomic mass is 16.2. The van der Waals surface area contributed by atoms with E-state index in [9.17, 15) is 9.59 Å². The first-order valence-corrected chi connectivity index (χ1v) is 5.21. The predicted molar refractivity (Wildman–Crippen MR) is 60.1 cm³/mol. The molecule has 0 saturated heterocycles. The van der Waals surface area contributed by atoms with E-state index in [2.05, 4.69) is 20.9 Å². The number of hydrogen-bond acceptors (Lipinski definition) is 5. The Kier molecular flexibility index (Phi) is 4.58. The smallest absolute Gasteiger partial charge is 0.321 e. The van der Waals surface area contributed by atoms with E-state index >= 15 is 0 Å². The van der Waals surface area contributed by atoms with Crippen molar-refractivity contribution in [1.29, 1.82) is 0 Å². The van der Waals surface area contributed by atoms with Crippen molar-refractivity contribution in [3.05, 3.63) is 11.9 Å². The molecule has 0 spiro atoms. The minimum absolute atomic E-state index is 0.450. The molecule has 17 heavy (non-hydrogen) atoms. The highest BCUT2D eigenvalue weighted by Gasteiger charge is 2.18. The third kappa shape index (κ3) is 3.52. The molecule has 8 nitrogen and oxygen atoms in total. The van der Waals surface area contributed by atoms with Crippen molar-refractivity contribution in [3.8, 4) is 0 Å². The van der Waals surface area contributed by atoms with Crippen LogP contribution in [0.2, 0.25) is 0 Å². The summed E-state index contributed by atoms with van der Waals surface area (Å²) in [6.07, 6.45) is 2.24. The minimum Gasteiger partial charge on any atom is -0.341 e. The van der Waals surface area contributed by atoms with E-state index in [-0.39, 0.29) is 0 Å². The maximum absolute atomic E-state index is 11.6. The molecule has 0 aromatic carbocycles. The number of amides is 3. The molecule has 0 aliphatic carbocycles. The van der Waals surface area contributed by atoms with Crippen LogP contribution in [0, 0.1) is 0 Å². The Labute approximate surface area is 98.5 Å². The van der Waals surface area contributed by atoms with Crippen molar-refractivity contribution in [2.45, 2.75) is 19.4 Å². The number of nitrogens with zero attached hydrogens (tertiary/aromatic N) is 3. The van der Waals surface area contributed by atoms with Crippen LogP contribution in [0.15, 0.2) is 6.20 Å². The molecule has 1 unspecified atom stereocenters. The maximum atomic E-state index is 11.6. The van der Waals surface area contributed by atoms with Crippen LogP contribution in [0.3, 0.4) is 0 Å². The number of hydrogen-bond donors (Lipinski definition) is 3. The van der Waals surface area contributed by atoms with Gasteiger partial charge in [0.05, 0.1) is 5.69 Å². The molecule has 3 amide bonds. The minimum atomic E-state index is -0.605. The lowest BCUT2D eigenvalue weighted by atomic mass is 10.3. The van der Waals surface area contributed by atoms with E-state index in [1.165, 1.54) is 11.7 Å². The van der Waals surface area contributed by atoms with Gasteiger partial charge in [-0.25, -0.2) is 9.48 Å². The van der Waals surface area contributed by atoms with Crippen LogP contribution < -0.4 is 16.4 Å². The lowest BCUT2D eigenvalue weighted by molar-refractivity contribution is -0.123. The van der Waals surface area contributed by atoms with Gasteiger partial charge in [-0.2, -0.15) is 0 Å². The fraction of sp³-hybridized carbons (Fsp3) is 0.556. The molecule has 0 bridgehead atoms. The number of nitrogens with two attached hydrogens (primary N) is 1. The summed E-state index contributed by atoms with van der Waals surface area (Å²) < 4.78 is 1.39. The molecule has 1 aromatic heterocycles. The van der Waals surface area contributed by atoms with Gasteiger partial charge in [0.25, 0.3) is 5.91 Å². The van der Waals surface area contributed by atoms with Crippen molar-refractivity contribution in [2.75, 3.05) is 13.6 Å². The molecule has 1 aromatic rings. The van der Waals surface area contributed by atoms with E-state index in [4.69, 9.17) is 5.73 Å². The molecule has 0 aliphatic rings. The number of urea groups is 1. The molecule has 8 heteroatoms. The van der Waals surface area contributed by atoms with Gasteiger partial charge in [-0.3, -0.25) is 10.1 Å². The molecule has 1 heterocycles. The summed E-state index contributed by atoms with van der Waals surface area (Å²) in [5.74, 6) is -0.450. The molecule has 4 N–H and O–H groups in total. The molecule has 0 saturated carbocycles. The van der Waals surface area contributed by atoms with E-state index in [1.54, 1.807) is 13.1 Å². The number of carbonyl (C=O) groups is 2. The van der Waals surface area contributed by atoms with Crippen LogP contribution in [-0.2, 0) is 11.2 Å². The Hall–Kier alpha value is -1.96. The van der Waals surface area contributed by atoms with Crippen LogP contribution in [0.25, 0.3) is 0 Å². The van der Waals surface area contributed by atoms with E-state index < -0.39 is 18.0 Å². The van der Waals surface area contributed by atoms with Gasteiger partial charge in [-0.05, 0) is 13.5 Å². The molecule has 1 atom stereocenters. The highest BCUT2D eigenvalue weighted by molar-refractivity contribution is 5.95. The van der Waals surface area contributed by atoms with Crippen LogP contribution in [0.1, 0.15) is 18.7 Å². The van der Waals surface area contributed by atoms with Gasteiger partial charge in [0.15, 0.2) is 0 Å². The summed E-state index contributed by atoms with van der Waals surface area (Å²) in [5, 5.41) is 12.1. The predicted octanol–water partition coefficient (Wildman–Crippen LogP) is -1.20. The van der Waals surface area contributed by atoms with Gasteiger partial charge < -0.3 is 11.1 Å². The molecule has 94 valence electrons. The SMILES string of the molecule is CNC(=O)NC(=O)C(C)n1cc(CCN)nn1. The zero-order valence-electron chi connectivity index (χ0n) is 9.80. The normalized spacial score (nSPS) is 11.9. The van der Waals surface area contributed by atoms with Gasteiger partial charge in [0.1, 0.15) is 6.04 Å². The van der Waals surface area contributed by atoms with Crippen molar-refractivity contribution >= 4 is 11.9 Å². The van der Waals surface area contributed by atoms with Gasteiger partial charge in [-0.1, -0.05) is 5.21 Å². The standard InChI is InChI=1S/C9H16N6O2/c1-6(8(16)12-9(17)11-2)15-5-7(3-4-10)13-14-15/h5-6H,3-4,10H2,1-2H3,(H2,11,12,16,17). The molecule has 0 aliphatic heterocycles. The number of nitrogens with one attached hydrogen (secondary N) is 2. The number of aromatic nitrogens is 3. The first-order chi connectivity index (χ1) is 8.08. The Morgan fingerprint density at radius 1 is 1.59 bits per heavy atom. The third-order valence-electron chi connectivity index (χ3n) is 2.20. The Morgan fingerprint density at radius 2 is 2.29 bits per heavy atom. The molecule has 0 radical (unpaired) electrons. The van der Waals surface area contributed by atoms with Crippen molar-refractivity contribution in [3.63, 3.8) is 0 Å². The second-order valence-corrected chi connectivity index (χ2v) is 3.47. The largest absolute Gasteiger partial charge is 0.341 e. The van der Waals surface area contributed by atoms with Crippen LogP contribution in [-0.4, -0.2) is 40.5 Å². The van der Waals surface area contributed by atoms with E-state index in [0.717, 1.165) is 0 Å². The number of imide groups is 1. The maximum Gasteiger partial charge on any atom is 0.321 e. The summed E-state index contributed by atoms with van der Waals surface area (Å²) in [6.45, 7) is 2.09. The fourth-order valence-corrected chi connectivity index (χ4v) is 1.16. The van der Waals surface area contributed by atoms with Crippen molar-refractivity contribution < 1.29 is 9.59 Å². The number of carbonyl (C=O) groups excluding carboxylic acids is 2. The Morgan fingerprint density at radius 3 is 2.88 bits per heavy atom. The summed E-state index contributed by atoms with van der Waals surface area (Å²) in [4.78, 5) is 22.6.